The first-order valence-electron chi connectivity index (χ1n) is 9.81. The normalized spacial score (nSPS) is 21.8. The van der Waals surface area contributed by atoms with Gasteiger partial charge in [-0.2, -0.15) is 0 Å². The molecule has 1 aliphatic heterocycles. The summed E-state index contributed by atoms with van der Waals surface area (Å²) in [6.45, 7) is 4.19. The van der Waals surface area contributed by atoms with Crippen molar-refractivity contribution in [3.05, 3.63) is 81.9 Å². The van der Waals surface area contributed by atoms with Crippen LogP contribution in [0.3, 0.4) is 0 Å². The van der Waals surface area contributed by atoms with Crippen LogP contribution < -0.4 is 0 Å². The van der Waals surface area contributed by atoms with E-state index >= 15 is 0 Å². The Bertz CT molecular complexity index is 714. The van der Waals surface area contributed by atoms with E-state index in [0.717, 1.165) is 36.2 Å². The lowest BCUT2D eigenvalue weighted by molar-refractivity contribution is 0.0634. The van der Waals surface area contributed by atoms with Crippen LogP contribution in [0.5, 0.6) is 0 Å². The van der Waals surface area contributed by atoms with Crippen LogP contribution in [0.1, 0.15) is 30.4 Å². The van der Waals surface area contributed by atoms with Gasteiger partial charge in [0.25, 0.3) is 0 Å². The van der Waals surface area contributed by atoms with Gasteiger partial charge in [-0.1, -0.05) is 59.6 Å². The molecule has 0 saturated carbocycles. The molecule has 2 aromatic rings. The molecule has 2 aromatic carbocycles. The van der Waals surface area contributed by atoms with E-state index in [4.69, 9.17) is 23.2 Å². The number of benzene rings is 2. The van der Waals surface area contributed by atoms with Crippen LogP contribution in [0.25, 0.3) is 0 Å². The average Bonchev–Trinajstić information content (AvgIpc) is 3.08. The Kier molecular flexibility index (Phi) is 6.19. The van der Waals surface area contributed by atoms with Crippen molar-refractivity contribution in [1.29, 1.82) is 0 Å². The lowest BCUT2D eigenvalue weighted by atomic mass is 9.90. The highest BCUT2D eigenvalue weighted by Crippen LogP contribution is 2.32. The van der Waals surface area contributed by atoms with Crippen LogP contribution in [0, 0.1) is 5.92 Å². The molecular formula is C23H26Cl2N2. The summed E-state index contributed by atoms with van der Waals surface area (Å²) in [7, 11) is 0. The van der Waals surface area contributed by atoms with E-state index in [-0.39, 0.29) is 0 Å². The highest BCUT2D eigenvalue weighted by Gasteiger charge is 2.37. The third-order valence-electron chi connectivity index (χ3n) is 5.75. The van der Waals surface area contributed by atoms with Crippen LogP contribution in [0.2, 0.25) is 10.0 Å². The SMILES string of the molecule is Clc1ccc(CN2CCN(Cc3ccc(Cl)cc3)C2[C@H]2CC=CCC2)cc1. The quantitative estimate of drug-likeness (QED) is 0.568. The molecule has 1 atom stereocenters. The average molecular weight is 401 g/mol. The zero-order valence-corrected chi connectivity index (χ0v) is 17.0. The molecule has 0 bridgehead atoms. The van der Waals surface area contributed by atoms with Crippen molar-refractivity contribution in [2.45, 2.75) is 38.5 Å². The molecule has 1 fully saturated rings. The Morgan fingerprint density at radius 3 is 1.70 bits per heavy atom. The van der Waals surface area contributed by atoms with Gasteiger partial charge in [0.1, 0.15) is 0 Å². The highest BCUT2D eigenvalue weighted by atomic mass is 35.5. The second-order valence-electron chi connectivity index (χ2n) is 7.65. The number of hydrogen-bond acceptors (Lipinski definition) is 2. The molecule has 0 unspecified atom stereocenters. The molecule has 0 aromatic heterocycles. The lowest BCUT2D eigenvalue weighted by Gasteiger charge is -2.37. The van der Waals surface area contributed by atoms with Crippen molar-refractivity contribution in [1.82, 2.24) is 9.80 Å². The Labute approximate surface area is 172 Å². The number of halogens is 2. The molecule has 0 spiro atoms. The molecule has 4 heteroatoms. The summed E-state index contributed by atoms with van der Waals surface area (Å²) in [6.07, 6.45) is 8.84. The fourth-order valence-electron chi connectivity index (χ4n) is 4.43. The number of allylic oxidation sites excluding steroid dienone is 2. The molecular weight excluding hydrogens is 375 g/mol. The van der Waals surface area contributed by atoms with Crippen molar-refractivity contribution in [2.24, 2.45) is 5.92 Å². The number of nitrogens with zero attached hydrogens (tertiary/aromatic N) is 2. The lowest BCUT2D eigenvalue weighted by Crippen LogP contribution is -2.44. The van der Waals surface area contributed by atoms with Gasteiger partial charge in [-0.15, -0.1) is 0 Å². The zero-order valence-electron chi connectivity index (χ0n) is 15.5. The summed E-state index contributed by atoms with van der Waals surface area (Å²) in [5.74, 6) is 0.692. The van der Waals surface area contributed by atoms with E-state index in [2.05, 4.69) is 46.2 Å². The topological polar surface area (TPSA) is 6.48 Å². The van der Waals surface area contributed by atoms with Gasteiger partial charge >= 0.3 is 0 Å². The van der Waals surface area contributed by atoms with E-state index in [0.29, 0.717) is 12.1 Å². The minimum absolute atomic E-state index is 0.487. The summed E-state index contributed by atoms with van der Waals surface area (Å²) < 4.78 is 0. The standard InChI is InChI=1S/C23H26Cl2N2/c24-21-10-6-18(7-11-21)16-26-14-15-27(17-19-8-12-22(25)13-9-19)23(26)20-4-2-1-3-5-20/h1-2,6-13,20,23H,3-5,14-17H2/t20-/m0/s1. The van der Waals surface area contributed by atoms with Gasteiger partial charge in [-0.3, -0.25) is 9.80 Å². The molecule has 0 N–H and O–H groups in total. The van der Waals surface area contributed by atoms with Gasteiger partial charge in [-0.05, 0) is 60.6 Å². The first-order chi connectivity index (χ1) is 13.2. The van der Waals surface area contributed by atoms with Crippen molar-refractivity contribution >= 4 is 23.2 Å². The van der Waals surface area contributed by atoms with Crippen molar-refractivity contribution < 1.29 is 0 Å². The summed E-state index contributed by atoms with van der Waals surface area (Å²) in [4.78, 5) is 5.31. The zero-order chi connectivity index (χ0) is 18.6. The minimum Gasteiger partial charge on any atom is -0.282 e. The van der Waals surface area contributed by atoms with E-state index in [1.54, 1.807) is 0 Å². The molecule has 2 nitrogen and oxygen atoms in total. The van der Waals surface area contributed by atoms with Gasteiger partial charge in [-0.25, -0.2) is 0 Å². The van der Waals surface area contributed by atoms with Crippen LogP contribution in [-0.2, 0) is 13.1 Å². The Morgan fingerprint density at radius 1 is 0.741 bits per heavy atom. The first-order valence-corrected chi connectivity index (χ1v) is 10.6. The van der Waals surface area contributed by atoms with E-state index in [1.165, 1.54) is 30.4 Å². The molecule has 27 heavy (non-hydrogen) atoms. The second kappa shape index (κ2) is 8.79. The molecule has 142 valence electrons. The molecule has 1 aliphatic carbocycles. The Balaban J connectivity index is 1.52. The van der Waals surface area contributed by atoms with Gasteiger partial charge in [0, 0.05) is 36.2 Å². The van der Waals surface area contributed by atoms with Crippen LogP contribution in [0.15, 0.2) is 60.7 Å². The van der Waals surface area contributed by atoms with Crippen LogP contribution in [0.4, 0.5) is 0 Å². The Hall–Kier alpha value is -1.32. The third kappa shape index (κ3) is 4.75. The largest absolute Gasteiger partial charge is 0.282 e. The van der Waals surface area contributed by atoms with E-state index < -0.39 is 0 Å². The smallest absolute Gasteiger partial charge is 0.0661 e. The first kappa shape index (κ1) is 19.0. The van der Waals surface area contributed by atoms with Gasteiger partial charge < -0.3 is 0 Å². The summed E-state index contributed by atoms with van der Waals surface area (Å²) in [5.41, 5.74) is 2.67. The second-order valence-corrected chi connectivity index (χ2v) is 8.52. The molecule has 0 amide bonds. The molecule has 1 heterocycles. The number of hydrogen-bond donors (Lipinski definition) is 0. The molecule has 2 aliphatic rings. The summed E-state index contributed by atoms with van der Waals surface area (Å²) in [5, 5.41) is 1.61. The predicted molar refractivity (Wildman–Crippen MR) is 114 cm³/mol. The van der Waals surface area contributed by atoms with Crippen molar-refractivity contribution in [2.75, 3.05) is 13.1 Å². The van der Waals surface area contributed by atoms with Crippen molar-refractivity contribution in [3.8, 4) is 0 Å². The van der Waals surface area contributed by atoms with Crippen LogP contribution in [-0.4, -0.2) is 29.1 Å². The summed E-state index contributed by atoms with van der Waals surface area (Å²) in [6, 6.07) is 16.6. The monoisotopic (exact) mass is 400 g/mol. The van der Waals surface area contributed by atoms with Crippen LogP contribution >= 0.6 is 23.2 Å². The predicted octanol–water partition coefficient (Wildman–Crippen LogP) is 5.99. The molecule has 0 radical (unpaired) electrons. The van der Waals surface area contributed by atoms with Gasteiger partial charge in [0.05, 0.1) is 6.17 Å². The minimum atomic E-state index is 0.487. The summed E-state index contributed by atoms with van der Waals surface area (Å²) >= 11 is 12.1. The maximum absolute atomic E-state index is 6.06. The fourth-order valence-corrected chi connectivity index (χ4v) is 4.68. The van der Waals surface area contributed by atoms with E-state index in [9.17, 15) is 0 Å². The van der Waals surface area contributed by atoms with Crippen molar-refractivity contribution in [3.63, 3.8) is 0 Å². The number of rotatable bonds is 5. The third-order valence-corrected chi connectivity index (χ3v) is 6.26. The highest BCUT2D eigenvalue weighted by molar-refractivity contribution is 6.30. The van der Waals surface area contributed by atoms with Gasteiger partial charge in [0.15, 0.2) is 0 Å². The maximum atomic E-state index is 6.06. The molecule has 1 saturated heterocycles. The Morgan fingerprint density at radius 2 is 1.26 bits per heavy atom. The maximum Gasteiger partial charge on any atom is 0.0661 e. The van der Waals surface area contributed by atoms with Gasteiger partial charge in [0.2, 0.25) is 0 Å². The fraction of sp³-hybridized carbons (Fsp3) is 0.391. The van der Waals surface area contributed by atoms with E-state index in [1.807, 2.05) is 24.3 Å². The molecule has 4 rings (SSSR count).